The second-order valence-corrected chi connectivity index (χ2v) is 5.68. The Bertz CT molecular complexity index is 939. The summed E-state index contributed by atoms with van der Waals surface area (Å²) >= 11 is 5.69. The van der Waals surface area contributed by atoms with Crippen molar-refractivity contribution in [2.24, 2.45) is 0 Å². The Labute approximate surface area is 143 Å². The summed E-state index contributed by atoms with van der Waals surface area (Å²) in [5.74, 6) is 0.00605. The van der Waals surface area contributed by atoms with Crippen molar-refractivity contribution in [2.75, 3.05) is 11.9 Å². The van der Waals surface area contributed by atoms with Crippen LogP contribution in [0.1, 0.15) is 17.2 Å². The molecule has 4 nitrogen and oxygen atoms in total. The zero-order valence-corrected chi connectivity index (χ0v) is 13.3. The normalized spacial score (nSPS) is 11.9. The summed E-state index contributed by atoms with van der Waals surface area (Å²) in [6.45, 7) is -0.228. The lowest BCUT2D eigenvalue weighted by molar-refractivity contribution is 0.276. The lowest BCUT2D eigenvalue weighted by atomic mass is 10.1. The van der Waals surface area contributed by atoms with Gasteiger partial charge in [0.2, 0.25) is 0 Å². The minimum atomic E-state index is -0.537. The third kappa shape index (κ3) is 3.30. The van der Waals surface area contributed by atoms with Crippen molar-refractivity contribution >= 4 is 28.3 Å². The number of nitrogens with zero attached hydrogens (tertiary/aromatic N) is 2. The molecular weight excluding hydrogens is 329 g/mol. The number of aromatic nitrogens is 1. The standard InChI is InChI=1S/C18H13ClFN3O/c19-14-4-2-13(8-15(14)20)17(10-24)23-18-6-3-12-7-11(9-21)1-5-16(12)22-18/h1-8,17,24H,10H2,(H,22,23)/t17-/m1/s1. The van der Waals surface area contributed by atoms with E-state index in [1.54, 1.807) is 30.3 Å². The van der Waals surface area contributed by atoms with Crippen LogP contribution in [0.4, 0.5) is 10.2 Å². The topological polar surface area (TPSA) is 68.9 Å². The molecule has 1 aromatic heterocycles. The first-order valence-electron chi connectivity index (χ1n) is 7.24. The first-order valence-corrected chi connectivity index (χ1v) is 7.62. The number of hydrogen-bond acceptors (Lipinski definition) is 4. The number of anilines is 1. The molecule has 2 N–H and O–H groups in total. The van der Waals surface area contributed by atoms with Crippen molar-refractivity contribution in [3.05, 3.63) is 70.5 Å². The number of hydrogen-bond donors (Lipinski definition) is 2. The molecule has 24 heavy (non-hydrogen) atoms. The van der Waals surface area contributed by atoms with Crippen molar-refractivity contribution in [3.63, 3.8) is 0 Å². The SMILES string of the molecule is N#Cc1ccc2nc(N[C@H](CO)c3ccc(Cl)c(F)c3)ccc2c1. The van der Waals surface area contributed by atoms with Crippen molar-refractivity contribution in [1.82, 2.24) is 4.98 Å². The van der Waals surface area contributed by atoms with Crippen LogP contribution >= 0.6 is 11.6 Å². The maximum Gasteiger partial charge on any atom is 0.142 e. The summed E-state index contributed by atoms with van der Waals surface area (Å²) in [4.78, 5) is 4.45. The highest BCUT2D eigenvalue weighted by atomic mass is 35.5. The van der Waals surface area contributed by atoms with Gasteiger partial charge < -0.3 is 10.4 Å². The minimum absolute atomic E-state index is 0.0348. The van der Waals surface area contributed by atoms with Gasteiger partial charge in [0.1, 0.15) is 11.6 Å². The molecule has 0 bridgehead atoms. The molecule has 0 amide bonds. The van der Waals surface area contributed by atoms with E-state index in [1.807, 2.05) is 6.07 Å². The Morgan fingerprint density at radius 3 is 2.75 bits per heavy atom. The second kappa shape index (κ2) is 6.83. The third-order valence-corrected chi connectivity index (χ3v) is 3.98. The predicted octanol–water partition coefficient (Wildman–Crippen LogP) is 4.04. The van der Waals surface area contributed by atoms with E-state index in [0.29, 0.717) is 16.9 Å². The van der Waals surface area contributed by atoms with E-state index in [-0.39, 0.29) is 11.6 Å². The summed E-state index contributed by atoms with van der Waals surface area (Å²) in [5.41, 5.74) is 1.86. The lowest BCUT2D eigenvalue weighted by Gasteiger charge is -2.18. The van der Waals surface area contributed by atoms with Gasteiger partial charge in [0.25, 0.3) is 0 Å². The Morgan fingerprint density at radius 2 is 2.04 bits per heavy atom. The lowest BCUT2D eigenvalue weighted by Crippen LogP contribution is -2.15. The summed E-state index contributed by atoms with van der Waals surface area (Å²) < 4.78 is 13.6. The van der Waals surface area contributed by atoms with Crippen LogP contribution in [0.15, 0.2) is 48.5 Å². The minimum Gasteiger partial charge on any atom is -0.394 e. The fourth-order valence-electron chi connectivity index (χ4n) is 2.42. The van der Waals surface area contributed by atoms with Crippen LogP contribution in [-0.4, -0.2) is 16.7 Å². The molecular formula is C18H13ClFN3O. The zero-order valence-electron chi connectivity index (χ0n) is 12.5. The monoisotopic (exact) mass is 341 g/mol. The van der Waals surface area contributed by atoms with E-state index < -0.39 is 11.9 Å². The Morgan fingerprint density at radius 1 is 1.21 bits per heavy atom. The fourth-order valence-corrected chi connectivity index (χ4v) is 2.54. The average molecular weight is 342 g/mol. The molecule has 120 valence electrons. The van der Waals surface area contributed by atoms with Gasteiger partial charge >= 0.3 is 0 Å². The van der Waals surface area contributed by atoms with E-state index in [0.717, 1.165) is 10.9 Å². The molecule has 0 saturated heterocycles. The number of nitrogens with one attached hydrogen (secondary N) is 1. The maximum absolute atomic E-state index is 13.6. The molecule has 0 aliphatic carbocycles. The summed E-state index contributed by atoms with van der Waals surface area (Å²) in [7, 11) is 0. The smallest absolute Gasteiger partial charge is 0.142 e. The number of rotatable bonds is 4. The van der Waals surface area contributed by atoms with Crippen molar-refractivity contribution in [3.8, 4) is 6.07 Å². The van der Waals surface area contributed by atoms with Gasteiger partial charge in [-0.25, -0.2) is 9.37 Å². The molecule has 3 rings (SSSR count). The van der Waals surface area contributed by atoms with Crippen molar-refractivity contribution in [2.45, 2.75) is 6.04 Å². The number of aliphatic hydroxyl groups excluding tert-OH is 1. The molecule has 0 unspecified atom stereocenters. The second-order valence-electron chi connectivity index (χ2n) is 5.27. The number of fused-ring (bicyclic) bond motifs is 1. The molecule has 3 aromatic rings. The first-order chi connectivity index (χ1) is 11.6. The zero-order chi connectivity index (χ0) is 17.1. The Balaban J connectivity index is 1.89. The van der Waals surface area contributed by atoms with Crippen LogP contribution in [0.2, 0.25) is 5.02 Å². The van der Waals surface area contributed by atoms with Crippen LogP contribution in [0, 0.1) is 17.1 Å². The Hall–Kier alpha value is -2.68. The van der Waals surface area contributed by atoms with Crippen molar-refractivity contribution in [1.29, 1.82) is 5.26 Å². The Kier molecular flexibility index (Phi) is 4.61. The molecule has 1 atom stereocenters. The molecule has 0 fully saturated rings. The highest BCUT2D eigenvalue weighted by molar-refractivity contribution is 6.30. The van der Waals surface area contributed by atoms with Gasteiger partial charge in [0.05, 0.1) is 34.8 Å². The van der Waals surface area contributed by atoms with Gasteiger partial charge in [-0.15, -0.1) is 0 Å². The largest absolute Gasteiger partial charge is 0.394 e. The fraction of sp³-hybridized carbons (Fsp3) is 0.111. The number of benzene rings is 2. The highest BCUT2D eigenvalue weighted by Gasteiger charge is 2.13. The van der Waals surface area contributed by atoms with E-state index in [2.05, 4.69) is 16.4 Å². The van der Waals surface area contributed by atoms with Crippen LogP contribution in [0.3, 0.4) is 0 Å². The van der Waals surface area contributed by atoms with Gasteiger partial charge in [-0.1, -0.05) is 17.7 Å². The molecule has 0 aliphatic heterocycles. The maximum atomic E-state index is 13.6. The summed E-state index contributed by atoms with van der Waals surface area (Å²) in [6, 6.07) is 14.8. The molecule has 2 aromatic carbocycles. The summed E-state index contributed by atoms with van der Waals surface area (Å²) in [6.07, 6.45) is 0. The van der Waals surface area contributed by atoms with Crippen molar-refractivity contribution < 1.29 is 9.50 Å². The number of pyridine rings is 1. The quantitative estimate of drug-likeness (QED) is 0.751. The van der Waals surface area contributed by atoms with Crippen LogP contribution < -0.4 is 5.32 Å². The van der Waals surface area contributed by atoms with Crippen LogP contribution in [0.5, 0.6) is 0 Å². The molecule has 0 spiro atoms. The molecule has 0 saturated carbocycles. The third-order valence-electron chi connectivity index (χ3n) is 3.67. The van der Waals surface area contributed by atoms with Gasteiger partial charge in [-0.2, -0.15) is 5.26 Å². The van der Waals surface area contributed by atoms with E-state index in [4.69, 9.17) is 16.9 Å². The first kappa shape index (κ1) is 16.2. The molecule has 0 aliphatic rings. The number of halogens is 2. The number of nitriles is 1. The van der Waals surface area contributed by atoms with Gasteiger partial charge in [-0.05, 0) is 48.0 Å². The van der Waals surface area contributed by atoms with E-state index in [9.17, 15) is 9.50 Å². The molecule has 1 heterocycles. The van der Waals surface area contributed by atoms with Gasteiger partial charge in [-0.3, -0.25) is 0 Å². The number of aliphatic hydroxyl groups is 1. The molecule has 6 heteroatoms. The molecule has 0 radical (unpaired) electrons. The van der Waals surface area contributed by atoms with Gasteiger partial charge in [0, 0.05) is 5.39 Å². The average Bonchev–Trinajstić information content (AvgIpc) is 2.61. The summed E-state index contributed by atoms with van der Waals surface area (Å²) in [5, 5.41) is 22.5. The highest BCUT2D eigenvalue weighted by Crippen LogP contribution is 2.24. The van der Waals surface area contributed by atoms with Crippen LogP contribution in [0.25, 0.3) is 10.9 Å². The van der Waals surface area contributed by atoms with Gasteiger partial charge in [0.15, 0.2) is 0 Å². The van der Waals surface area contributed by atoms with E-state index in [1.165, 1.54) is 12.1 Å². The van der Waals surface area contributed by atoms with E-state index >= 15 is 0 Å². The predicted molar refractivity (Wildman–Crippen MR) is 91.3 cm³/mol. The van der Waals surface area contributed by atoms with Crippen LogP contribution in [-0.2, 0) is 0 Å².